The molecule has 0 unspecified atom stereocenters. The van der Waals surface area contributed by atoms with Crippen molar-refractivity contribution in [2.45, 2.75) is 45.4 Å². The van der Waals surface area contributed by atoms with Crippen LogP contribution in [0.25, 0.3) is 0 Å². The Morgan fingerprint density at radius 2 is 1.38 bits per heavy atom. The van der Waals surface area contributed by atoms with Gasteiger partial charge in [0.25, 0.3) is 0 Å². The third kappa shape index (κ3) is 6.21. The van der Waals surface area contributed by atoms with E-state index in [1.807, 2.05) is 12.1 Å². The molecule has 0 atom stereocenters. The van der Waals surface area contributed by atoms with Gasteiger partial charge in [-0.2, -0.15) is 0 Å². The van der Waals surface area contributed by atoms with Gasteiger partial charge < -0.3 is 20.0 Å². The molecule has 0 saturated carbocycles. The number of carbonyl (C=O) groups excluding carboxylic acids is 3. The van der Waals surface area contributed by atoms with Crippen LogP contribution >= 0.6 is 0 Å². The largest absolute Gasteiger partial charge is 0.372 e. The fourth-order valence-electron chi connectivity index (χ4n) is 3.96. The third-order valence-electron chi connectivity index (χ3n) is 5.77. The Labute approximate surface area is 173 Å². The first-order chi connectivity index (χ1) is 14.0. The molecular formula is C22H32N4O3. The van der Waals surface area contributed by atoms with E-state index in [0.29, 0.717) is 26.2 Å². The molecule has 1 aromatic carbocycles. The Bertz CT molecular complexity index is 703. The van der Waals surface area contributed by atoms with Crippen LogP contribution < -0.4 is 10.2 Å². The van der Waals surface area contributed by atoms with E-state index in [4.69, 9.17) is 0 Å². The number of benzene rings is 1. The predicted molar refractivity (Wildman–Crippen MR) is 114 cm³/mol. The van der Waals surface area contributed by atoms with E-state index < -0.39 is 0 Å². The van der Waals surface area contributed by atoms with E-state index >= 15 is 0 Å². The first-order valence-corrected chi connectivity index (χ1v) is 10.7. The highest BCUT2D eigenvalue weighted by molar-refractivity contribution is 5.93. The molecule has 0 radical (unpaired) electrons. The second-order valence-corrected chi connectivity index (χ2v) is 7.88. The maximum Gasteiger partial charge on any atom is 0.224 e. The van der Waals surface area contributed by atoms with Gasteiger partial charge in [0.05, 0.1) is 0 Å². The summed E-state index contributed by atoms with van der Waals surface area (Å²) in [6.07, 6.45) is 5.43. The lowest BCUT2D eigenvalue weighted by Gasteiger charge is -2.34. The highest BCUT2D eigenvalue weighted by atomic mass is 16.2. The second kappa shape index (κ2) is 10.3. The average Bonchev–Trinajstić information content (AvgIpc) is 3.02. The minimum atomic E-state index is -0.150. The first kappa shape index (κ1) is 21.1. The van der Waals surface area contributed by atoms with Crippen molar-refractivity contribution >= 4 is 29.1 Å². The van der Waals surface area contributed by atoms with Crippen LogP contribution in [-0.2, 0) is 14.4 Å². The molecule has 2 heterocycles. The highest BCUT2D eigenvalue weighted by Crippen LogP contribution is 2.21. The number of piperazine rings is 1. The molecule has 2 saturated heterocycles. The molecule has 3 rings (SSSR count). The van der Waals surface area contributed by atoms with Crippen molar-refractivity contribution in [2.24, 2.45) is 0 Å². The molecule has 2 aliphatic rings. The Kier molecular flexibility index (Phi) is 7.49. The molecule has 2 aliphatic heterocycles. The normalized spacial score (nSPS) is 17.6. The molecular weight excluding hydrogens is 368 g/mol. The minimum Gasteiger partial charge on any atom is -0.372 e. The third-order valence-corrected chi connectivity index (χ3v) is 5.77. The van der Waals surface area contributed by atoms with Crippen LogP contribution in [0.2, 0.25) is 0 Å². The Hall–Kier alpha value is -2.57. The number of hydrogen-bond donors (Lipinski definition) is 1. The summed E-state index contributed by atoms with van der Waals surface area (Å²) in [5, 5.41) is 2.88. The van der Waals surface area contributed by atoms with Gasteiger partial charge in [0.1, 0.15) is 0 Å². The number of carbonyl (C=O) groups is 3. The summed E-state index contributed by atoms with van der Waals surface area (Å²) in [5.41, 5.74) is 1.96. The lowest BCUT2D eigenvalue weighted by molar-refractivity contribution is -0.138. The van der Waals surface area contributed by atoms with Crippen molar-refractivity contribution in [3.63, 3.8) is 0 Å². The molecule has 7 heteroatoms. The van der Waals surface area contributed by atoms with Crippen molar-refractivity contribution in [1.29, 1.82) is 0 Å². The lowest BCUT2D eigenvalue weighted by Crippen LogP contribution is -2.50. The van der Waals surface area contributed by atoms with Crippen LogP contribution in [0.15, 0.2) is 24.3 Å². The molecule has 29 heavy (non-hydrogen) atoms. The van der Waals surface area contributed by atoms with Crippen LogP contribution in [0.3, 0.4) is 0 Å². The maximum atomic E-state index is 12.3. The van der Waals surface area contributed by atoms with Gasteiger partial charge in [-0.3, -0.25) is 14.4 Å². The van der Waals surface area contributed by atoms with E-state index in [0.717, 1.165) is 18.8 Å². The predicted octanol–water partition coefficient (Wildman–Crippen LogP) is 2.48. The highest BCUT2D eigenvalue weighted by Gasteiger charge is 2.22. The van der Waals surface area contributed by atoms with Crippen LogP contribution in [0.4, 0.5) is 11.4 Å². The summed E-state index contributed by atoms with van der Waals surface area (Å²) < 4.78 is 0. The summed E-state index contributed by atoms with van der Waals surface area (Å²) in [6.45, 7) is 5.94. The van der Waals surface area contributed by atoms with Crippen LogP contribution in [0, 0.1) is 0 Å². The zero-order valence-corrected chi connectivity index (χ0v) is 17.4. The van der Waals surface area contributed by atoms with Crippen LogP contribution in [0.1, 0.15) is 45.4 Å². The fraction of sp³-hybridized carbons (Fsp3) is 0.591. The molecule has 0 aromatic heterocycles. The quantitative estimate of drug-likeness (QED) is 0.824. The van der Waals surface area contributed by atoms with Crippen molar-refractivity contribution in [3.05, 3.63) is 24.3 Å². The van der Waals surface area contributed by atoms with Crippen molar-refractivity contribution in [1.82, 2.24) is 9.80 Å². The van der Waals surface area contributed by atoms with E-state index in [9.17, 15) is 14.4 Å². The minimum absolute atomic E-state index is 0.0279. The summed E-state index contributed by atoms with van der Waals surface area (Å²) in [7, 11) is 0. The van der Waals surface area contributed by atoms with E-state index in [1.165, 1.54) is 31.4 Å². The molecule has 7 nitrogen and oxygen atoms in total. The Balaban J connectivity index is 1.41. The number of anilines is 2. The molecule has 0 spiro atoms. The summed E-state index contributed by atoms with van der Waals surface area (Å²) in [4.78, 5) is 41.8. The van der Waals surface area contributed by atoms with Gasteiger partial charge in [0.15, 0.2) is 0 Å². The molecule has 0 aliphatic carbocycles. The Morgan fingerprint density at radius 1 is 0.793 bits per heavy atom. The topological polar surface area (TPSA) is 73.0 Å². The van der Waals surface area contributed by atoms with Crippen LogP contribution in [0.5, 0.6) is 0 Å². The number of rotatable bonds is 5. The number of nitrogens with one attached hydrogen (secondary N) is 1. The monoisotopic (exact) mass is 400 g/mol. The first-order valence-electron chi connectivity index (χ1n) is 10.7. The van der Waals surface area contributed by atoms with Gasteiger partial charge in [0.2, 0.25) is 17.7 Å². The van der Waals surface area contributed by atoms with Gasteiger partial charge in [-0.05, 0) is 37.1 Å². The van der Waals surface area contributed by atoms with Crippen molar-refractivity contribution in [3.8, 4) is 0 Å². The van der Waals surface area contributed by atoms with Crippen molar-refractivity contribution < 1.29 is 14.4 Å². The average molecular weight is 401 g/mol. The zero-order valence-electron chi connectivity index (χ0n) is 17.4. The molecule has 1 N–H and O–H groups in total. The van der Waals surface area contributed by atoms with E-state index in [1.54, 1.807) is 16.7 Å². The zero-order chi connectivity index (χ0) is 20.6. The van der Waals surface area contributed by atoms with E-state index in [-0.39, 0.29) is 30.6 Å². The second-order valence-electron chi connectivity index (χ2n) is 7.88. The lowest BCUT2D eigenvalue weighted by atomic mass is 10.2. The number of nitrogens with zero attached hydrogens (tertiary/aromatic N) is 3. The SMILES string of the molecule is CC(=O)N1CCN(C(=O)CCC(=O)Nc2ccc(N3CCCCCC3)cc2)CC1. The molecule has 3 amide bonds. The van der Waals surface area contributed by atoms with Crippen LogP contribution in [-0.4, -0.2) is 66.8 Å². The Morgan fingerprint density at radius 3 is 1.97 bits per heavy atom. The van der Waals surface area contributed by atoms with Crippen molar-refractivity contribution in [2.75, 3.05) is 49.5 Å². The molecule has 2 fully saturated rings. The number of amides is 3. The molecule has 1 aromatic rings. The van der Waals surface area contributed by atoms with Gasteiger partial charge in [-0.1, -0.05) is 12.8 Å². The maximum absolute atomic E-state index is 12.3. The summed E-state index contributed by atoms with van der Waals surface area (Å²) >= 11 is 0. The standard InChI is InChI=1S/C22H32N4O3/c1-18(27)24-14-16-26(17-15-24)22(29)11-10-21(28)23-19-6-8-20(9-7-19)25-12-4-2-3-5-13-25/h6-9H,2-5,10-17H2,1H3,(H,23,28). The molecule has 158 valence electrons. The van der Waals surface area contributed by atoms with Gasteiger partial charge in [-0.15, -0.1) is 0 Å². The number of hydrogen-bond acceptors (Lipinski definition) is 4. The summed E-state index contributed by atoms with van der Waals surface area (Å²) in [5.74, 6) is -0.138. The van der Waals surface area contributed by atoms with E-state index in [2.05, 4.69) is 22.3 Å². The van der Waals surface area contributed by atoms with Gasteiger partial charge in [-0.25, -0.2) is 0 Å². The van der Waals surface area contributed by atoms with Gasteiger partial charge in [0, 0.05) is 70.4 Å². The fourth-order valence-corrected chi connectivity index (χ4v) is 3.96. The smallest absolute Gasteiger partial charge is 0.224 e. The van der Waals surface area contributed by atoms with Gasteiger partial charge >= 0.3 is 0 Å². The molecule has 0 bridgehead atoms. The summed E-state index contributed by atoms with van der Waals surface area (Å²) in [6, 6.07) is 7.98.